The van der Waals surface area contributed by atoms with Crippen LogP contribution in [0.15, 0.2) is 24.5 Å². The lowest BCUT2D eigenvalue weighted by molar-refractivity contribution is 0.353. The van der Waals surface area contributed by atoms with Gasteiger partial charge in [0.25, 0.3) is 0 Å². The Hall–Kier alpha value is -1.88. The van der Waals surface area contributed by atoms with Gasteiger partial charge in [0.1, 0.15) is 0 Å². The third-order valence-electron chi connectivity index (χ3n) is 2.11. The van der Waals surface area contributed by atoms with Crippen LogP contribution in [-0.4, -0.2) is 29.2 Å². The van der Waals surface area contributed by atoms with E-state index in [1.165, 1.54) is 14.2 Å². The Morgan fingerprint density at radius 1 is 1.18 bits per heavy atom. The number of hydrogen-bond acceptors (Lipinski definition) is 5. The highest BCUT2D eigenvalue weighted by atomic mass is 35.5. The first-order valence-electron chi connectivity index (χ1n) is 4.81. The molecule has 0 fully saturated rings. The van der Waals surface area contributed by atoms with Crippen molar-refractivity contribution in [2.45, 2.75) is 0 Å². The van der Waals surface area contributed by atoms with Gasteiger partial charge in [-0.2, -0.15) is 4.98 Å². The topological polar surface area (TPSA) is 57.1 Å². The molecule has 2 heterocycles. The summed E-state index contributed by atoms with van der Waals surface area (Å²) in [5.41, 5.74) is 1.31. The molecule has 6 heteroatoms. The largest absolute Gasteiger partial charge is 0.480 e. The van der Waals surface area contributed by atoms with E-state index in [4.69, 9.17) is 21.1 Å². The van der Waals surface area contributed by atoms with Crippen molar-refractivity contribution in [3.8, 4) is 23.1 Å². The fourth-order valence-corrected chi connectivity index (χ4v) is 1.49. The molecule has 0 N–H and O–H groups in total. The summed E-state index contributed by atoms with van der Waals surface area (Å²) >= 11 is 5.90. The molecule has 0 aliphatic carbocycles. The first-order chi connectivity index (χ1) is 8.24. The molecule has 2 rings (SSSR count). The summed E-state index contributed by atoms with van der Waals surface area (Å²) in [5, 5.41) is 0.591. The Balaban J connectivity index is 2.51. The van der Waals surface area contributed by atoms with Crippen molar-refractivity contribution >= 4 is 11.6 Å². The summed E-state index contributed by atoms with van der Waals surface area (Å²) in [6, 6.07) is 3.66. The molecule has 0 bridgehead atoms. The second-order valence-corrected chi connectivity index (χ2v) is 3.58. The van der Waals surface area contributed by atoms with E-state index in [2.05, 4.69) is 15.0 Å². The van der Waals surface area contributed by atoms with Gasteiger partial charge in [0, 0.05) is 17.4 Å². The second kappa shape index (κ2) is 4.97. The standard InChI is InChI=1S/C11H10ClN3O2/c1-16-10-8(6-14-11(15-10)17-2)9-5-7(12)3-4-13-9/h3-6H,1-2H3. The molecule has 0 amide bonds. The maximum atomic E-state index is 5.90. The number of aromatic nitrogens is 3. The normalized spacial score (nSPS) is 10.1. The summed E-state index contributed by atoms with van der Waals surface area (Å²) in [4.78, 5) is 12.3. The van der Waals surface area contributed by atoms with Gasteiger partial charge in [-0.3, -0.25) is 4.98 Å². The van der Waals surface area contributed by atoms with Gasteiger partial charge in [-0.15, -0.1) is 0 Å². The number of pyridine rings is 1. The third kappa shape index (κ3) is 2.45. The minimum atomic E-state index is 0.243. The molecule has 0 unspecified atom stereocenters. The average Bonchev–Trinajstić information content (AvgIpc) is 2.38. The summed E-state index contributed by atoms with van der Waals surface area (Å²) in [7, 11) is 3.02. The molecule has 0 aromatic carbocycles. The van der Waals surface area contributed by atoms with Gasteiger partial charge in [0.05, 0.1) is 25.5 Å². The minimum Gasteiger partial charge on any atom is -0.480 e. The van der Waals surface area contributed by atoms with Crippen LogP contribution in [0, 0.1) is 0 Å². The molecule has 0 saturated carbocycles. The zero-order valence-electron chi connectivity index (χ0n) is 9.35. The van der Waals surface area contributed by atoms with Gasteiger partial charge in [-0.1, -0.05) is 11.6 Å². The molecule has 0 saturated heterocycles. The van der Waals surface area contributed by atoms with E-state index in [9.17, 15) is 0 Å². The van der Waals surface area contributed by atoms with Crippen LogP contribution in [0.1, 0.15) is 0 Å². The first-order valence-corrected chi connectivity index (χ1v) is 5.19. The zero-order valence-corrected chi connectivity index (χ0v) is 10.1. The summed E-state index contributed by atoms with van der Waals surface area (Å²) < 4.78 is 10.1. The molecular formula is C11H10ClN3O2. The highest BCUT2D eigenvalue weighted by molar-refractivity contribution is 6.30. The number of halogens is 1. The predicted molar refractivity (Wildman–Crippen MR) is 63.4 cm³/mol. The Morgan fingerprint density at radius 2 is 2.00 bits per heavy atom. The molecule has 0 spiro atoms. The number of rotatable bonds is 3. The molecule has 0 radical (unpaired) electrons. The molecule has 0 aliphatic rings. The predicted octanol–water partition coefficient (Wildman–Crippen LogP) is 2.21. The van der Waals surface area contributed by atoms with E-state index in [1.54, 1.807) is 24.5 Å². The van der Waals surface area contributed by atoms with Crippen molar-refractivity contribution < 1.29 is 9.47 Å². The molecule has 17 heavy (non-hydrogen) atoms. The van der Waals surface area contributed by atoms with E-state index in [0.717, 1.165) is 0 Å². The van der Waals surface area contributed by atoms with Gasteiger partial charge >= 0.3 is 6.01 Å². The van der Waals surface area contributed by atoms with Crippen LogP contribution in [0.3, 0.4) is 0 Å². The van der Waals surface area contributed by atoms with Crippen LogP contribution in [0.5, 0.6) is 11.9 Å². The summed E-state index contributed by atoms with van der Waals surface area (Å²) in [6.07, 6.45) is 3.20. The molecule has 88 valence electrons. The number of nitrogens with zero attached hydrogens (tertiary/aromatic N) is 3. The molecule has 0 aliphatic heterocycles. The lowest BCUT2D eigenvalue weighted by atomic mass is 10.2. The van der Waals surface area contributed by atoms with Crippen molar-refractivity contribution in [1.82, 2.24) is 15.0 Å². The van der Waals surface area contributed by atoms with Crippen molar-refractivity contribution in [3.63, 3.8) is 0 Å². The van der Waals surface area contributed by atoms with E-state index in [-0.39, 0.29) is 6.01 Å². The summed E-state index contributed by atoms with van der Waals surface area (Å²) in [6.45, 7) is 0. The van der Waals surface area contributed by atoms with E-state index in [1.807, 2.05) is 0 Å². The Labute approximate surface area is 103 Å². The van der Waals surface area contributed by atoms with Crippen molar-refractivity contribution in [1.29, 1.82) is 0 Å². The van der Waals surface area contributed by atoms with Gasteiger partial charge < -0.3 is 9.47 Å². The summed E-state index contributed by atoms with van der Waals surface area (Å²) in [5.74, 6) is 0.395. The number of methoxy groups -OCH3 is 2. The smallest absolute Gasteiger partial charge is 0.319 e. The van der Waals surface area contributed by atoms with Crippen LogP contribution >= 0.6 is 11.6 Å². The lowest BCUT2D eigenvalue weighted by Crippen LogP contribution is -1.98. The van der Waals surface area contributed by atoms with Crippen molar-refractivity contribution in [2.75, 3.05) is 14.2 Å². The van der Waals surface area contributed by atoms with Gasteiger partial charge in [-0.05, 0) is 12.1 Å². The monoisotopic (exact) mass is 251 g/mol. The van der Waals surface area contributed by atoms with E-state index >= 15 is 0 Å². The second-order valence-electron chi connectivity index (χ2n) is 3.14. The van der Waals surface area contributed by atoms with Crippen LogP contribution in [0.2, 0.25) is 5.02 Å². The fourth-order valence-electron chi connectivity index (χ4n) is 1.33. The van der Waals surface area contributed by atoms with Gasteiger partial charge in [-0.25, -0.2) is 4.98 Å². The quantitative estimate of drug-likeness (QED) is 0.837. The maximum absolute atomic E-state index is 5.90. The van der Waals surface area contributed by atoms with Gasteiger partial charge in [0.15, 0.2) is 0 Å². The zero-order chi connectivity index (χ0) is 12.3. The van der Waals surface area contributed by atoms with Crippen LogP contribution in [0.4, 0.5) is 0 Å². The van der Waals surface area contributed by atoms with Crippen LogP contribution in [0.25, 0.3) is 11.3 Å². The highest BCUT2D eigenvalue weighted by Crippen LogP contribution is 2.28. The molecule has 0 atom stereocenters. The van der Waals surface area contributed by atoms with Crippen molar-refractivity contribution in [3.05, 3.63) is 29.5 Å². The maximum Gasteiger partial charge on any atom is 0.319 e. The highest BCUT2D eigenvalue weighted by Gasteiger charge is 2.11. The fraction of sp³-hybridized carbons (Fsp3) is 0.182. The molecule has 2 aromatic rings. The van der Waals surface area contributed by atoms with Crippen LogP contribution < -0.4 is 9.47 Å². The number of hydrogen-bond donors (Lipinski definition) is 0. The Bertz CT molecular complexity index is 534. The molecule has 2 aromatic heterocycles. The van der Waals surface area contributed by atoms with Crippen molar-refractivity contribution in [2.24, 2.45) is 0 Å². The SMILES string of the molecule is COc1ncc(-c2cc(Cl)ccn2)c(OC)n1. The third-order valence-corrected chi connectivity index (χ3v) is 2.34. The van der Waals surface area contributed by atoms with Crippen LogP contribution in [-0.2, 0) is 0 Å². The minimum absolute atomic E-state index is 0.243. The Kier molecular flexibility index (Phi) is 3.39. The van der Waals surface area contributed by atoms with Gasteiger partial charge in [0.2, 0.25) is 5.88 Å². The van der Waals surface area contributed by atoms with E-state index in [0.29, 0.717) is 22.2 Å². The Morgan fingerprint density at radius 3 is 2.65 bits per heavy atom. The first kappa shape index (κ1) is 11.6. The lowest BCUT2D eigenvalue weighted by Gasteiger charge is -2.07. The van der Waals surface area contributed by atoms with E-state index < -0.39 is 0 Å². The average molecular weight is 252 g/mol. The number of ether oxygens (including phenoxy) is 2. The molecule has 5 nitrogen and oxygen atoms in total. The molecular weight excluding hydrogens is 242 g/mol.